The summed E-state index contributed by atoms with van der Waals surface area (Å²) in [7, 11) is 0. The van der Waals surface area contributed by atoms with Gasteiger partial charge in [-0.05, 0) is 32.4 Å². The van der Waals surface area contributed by atoms with Crippen LogP contribution in [0.4, 0.5) is 4.39 Å². The first-order chi connectivity index (χ1) is 9.61. The van der Waals surface area contributed by atoms with Gasteiger partial charge in [-0.25, -0.2) is 4.39 Å². The molecule has 0 aliphatic carbocycles. The number of hydrogen-bond donors (Lipinski definition) is 3. The van der Waals surface area contributed by atoms with Crippen LogP contribution in [0.2, 0.25) is 0 Å². The largest absolute Gasteiger partial charge is 0.508 e. The maximum absolute atomic E-state index is 13.1. The maximum atomic E-state index is 13.1. The number of nitrogens with zero attached hydrogens (tertiary/aromatic N) is 1. The molecule has 2 unspecified atom stereocenters. The molecule has 1 aliphatic heterocycles. The normalized spacial score (nSPS) is 20.5. The van der Waals surface area contributed by atoms with Crippen LogP contribution in [0, 0.1) is 5.82 Å². The molecule has 0 bridgehead atoms. The SMILES string of the molecule is CC(c1ccc(F)cc1O)N(CCO)CC1CCCN1. The molecule has 2 rings (SSSR count). The van der Waals surface area contributed by atoms with Crippen LogP contribution < -0.4 is 5.32 Å². The van der Waals surface area contributed by atoms with Gasteiger partial charge in [-0.1, -0.05) is 6.07 Å². The number of nitrogens with one attached hydrogen (secondary N) is 1. The molecular weight excluding hydrogens is 259 g/mol. The second kappa shape index (κ2) is 7.02. The third kappa shape index (κ3) is 3.69. The molecule has 1 heterocycles. The van der Waals surface area contributed by atoms with Crippen molar-refractivity contribution in [2.45, 2.75) is 31.8 Å². The van der Waals surface area contributed by atoms with Crippen LogP contribution in [0.3, 0.4) is 0 Å². The van der Waals surface area contributed by atoms with Gasteiger partial charge in [0.15, 0.2) is 0 Å². The molecule has 5 heteroatoms. The standard InChI is InChI=1S/C15H23FN2O2/c1-11(14-5-4-12(16)9-15(14)20)18(7-8-19)10-13-3-2-6-17-13/h4-5,9,11,13,17,19-20H,2-3,6-8,10H2,1H3. The Bertz CT molecular complexity index is 436. The minimum Gasteiger partial charge on any atom is -0.508 e. The van der Waals surface area contributed by atoms with E-state index in [1.54, 1.807) is 6.07 Å². The fourth-order valence-corrected chi connectivity index (χ4v) is 2.83. The Balaban J connectivity index is 2.10. The fraction of sp³-hybridized carbons (Fsp3) is 0.600. The van der Waals surface area contributed by atoms with Crippen LogP contribution in [0.25, 0.3) is 0 Å². The van der Waals surface area contributed by atoms with Crippen LogP contribution >= 0.6 is 0 Å². The third-order valence-corrected chi connectivity index (χ3v) is 3.99. The molecule has 0 amide bonds. The number of hydrogen-bond acceptors (Lipinski definition) is 4. The number of benzene rings is 1. The van der Waals surface area contributed by atoms with Gasteiger partial charge in [-0.15, -0.1) is 0 Å². The van der Waals surface area contributed by atoms with Gasteiger partial charge in [-0.3, -0.25) is 4.90 Å². The number of aliphatic hydroxyl groups is 1. The van der Waals surface area contributed by atoms with Gasteiger partial charge in [0.25, 0.3) is 0 Å². The van der Waals surface area contributed by atoms with E-state index in [9.17, 15) is 14.6 Å². The molecule has 1 fully saturated rings. The first-order valence-corrected chi connectivity index (χ1v) is 7.18. The molecule has 1 aromatic carbocycles. The van der Waals surface area contributed by atoms with Crippen molar-refractivity contribution in [2.75, 3.05) is 26.2 Å². The summed E-state index contributed by atoms with van der Waals surface area (Å²) in [5.41, 5.74) is 0.692. The third-order valence-electron chi connectivity index (χ3n) is 3.99. The Kier molecular flexibility index (Phi) is 5.34. The van der Waals surface area contributed by atoms with E-state index in [4.69, 9.17) is 0 Å². The highest BCUT2D eigenvalue weighted by molar-refractivity contribution is 5.35. The predicted molar refractivity (Wildman–Crippen MR) is 76.2 cm³/mol. The summed E-state index contributed by atoms with van der Waals surface area (Å²) in [5.74, 6) is -0.468. The molecule has 2 atom stereocenters. The summed E-state index contributed by atoms with van der Waals surface area (Å²) in [6.07, 6.45) is 2.30. The van der Waals surface area contributed by atoms with Crippen molar-refractivity contribution in [3.63, 3.8) is 0 Å². The van der Waals surface area contributed by atoms with Crippen molar-refractivity contribution in [3.05, 3.63) is 29.6 Å². The van der Waals surface area contributed by atoms with E-state index in [0.29, 0.717) is 18.2 Å². The van der Waals surface area contributed by atoms with Crippen molar-refractivity contribution in [1.29, 1.82) is 0 Å². The number of aliphatic hydroxyl groups excluding tert-OH is 1. The van der Waals surface area contributed by atoms with Gasteiger partial charge in [-0.2, -0.15) is 0 Å². The molecule has 0 saturated carbocycles. The molecular formula is C15H23FN2O2. The summed E-state index contributed by atoms with van der Waals surface area (Å²) in [6.45, 7) is 4.43. The second-order valence-electron chi connectivity index (χ2n) is 5.39. The first kappa shape index (κ1) is 15.2. The Morgan fingerprint density at radius 2 is 2.30 bits per heavy atom. The summed E-state index contributed by atoms with van der Waals surface area (Å²) in [6, 6.07) is 4.46. The minimum absolute atomic E-state index is 0.0279. The fourth-order valence-electron chi connectivity index (χ4n) is 2.83. The van der Waals surface area contributed by atoms with Gasteiger partial charge in [0, 0.05) is 36.8 Å². The van der Waals surface area contributed by atoms with E-state index in [2.05, 4.69) is 10.2 Å². The number of aromatic hydroxyl groups is 1. The molecule has 1 aliphatic rings. The highest BCUT2D eigenvalue weighted by atomic mass is 19.1. The summed E-state index contributed by atoms with van der Waals surface area (Å²) in [5, 5.41) is 22.6. The maximum Gasteiger partial charge on any atom is 0.126 e. The molecule has 4 nitrogen and oxygen atoms in total. The van der Waals surface area contributed by atoms with E-state index in [1.807, 2.05) is 6.92 Å². The second-order valence-corrected chi connectivity index (χ2v) is 5.39. The van der Waals surface area contributed by atoms with Gasteiger partial charge >= 0.3 is 0 Å². The van der Waals surface area contributed by atoms with Gasteiger partial charge in [0.1, 0.15) is 11.6 Å². The van der Waals surface area contributed by atoms with Gasteiger partial charge in [0.05, 0.1) is 6.61 Å². The van der Waals surface area contributed by atoms with E-state index >= 15 is 0 Å². The minimum atomic E-state index is -0.440. The quantitative estimate of drug-likeness (QED) is 0.742. The lowest BCUT2D eigenvalue weighted by Crippen LogP contribution is -2.40. The smallest absolute Gasteiger partial charge is 0.126 e. The number of rotatable bonds is 6. The van der Waals surface area contributed by atoms with Gasteiger partial charge in [0.2, 0.25) is 0 Å². The van der Waals surface area contributed by atoms with Crippen LogP contribution in [0.5, 0.6) is 5.75 Å². The highest BCUT2D eigenvalue weighted by Gasteiger charge is 2.23. The number of halogens is 1. The van der Waals surface area contributed by atoms with E-state index < -0.39 is 5.82 Å². The van der Waals surface area contributed by atoms with Crippen LogP contribution in [-0.2, 0) is 0 Å². The van der Waals surface area contributed by atoms with Crippen LogP contribution in [0.15, 0.2) is 18.2 Å². The zero-order valence-electron chi connectivity index (χ0n) is 11.8. The van der Waals surface area contributed by atoms with Crippen molar-refractivity contribution < 1.29 is 14.6 Å². The molecule has 20 heavy (non-hydrogen) atoms. The number of phenols is 1. The zero-order chi connectivity index (χ0) is 14.5. The first-order valence-electron chi connectivity index (χ1n) is 7.18. The molecule has 1 saturated heterocycles. The van der Waals surface area contributed by atoms with Crippen molar-refractivity contribution >= 4 is 0 Å². The lowest BCUT2D eigenvalue weighted by Gasteiger charge is -2.31. The Morgan fingerprint density at radius 3 is 2.90 bits per heavy atom. The average Bonchev–Trinajstić information content (AvgIpc) is 2.90. The lowest BCUT2D eigenvalue weighted by molar-refractivity contribution is 0.146. The molecule has 1 aromatic rings. The summed E-state index contributed by atoms with van der Waals surface area (Å²) < 4.78 is 13.1. The highest BCUT2D eigenvalue weighted by Crippen LogP contribution is 2.29. The summed E-state index contributed by atoms with van der Waals surface area (Å²) >= 11 is 0. The van der Waals surface area contributed by atoms with E-state index in [-0.39, 0.29) is 18.4 Å². The average molecular weight is 282 g/mol. The Labute approximate surface area is 119 Å². The number of phenolic OH excluding ortho intramolecular Hbond substituents is 1. The zero-order valence-corrected chi connectivity index (χ0v) is 11.8. The van der Waals surface area contributed by atoms with Crippen LogP contribution in [0.1, 0.15) is 31.4 Å². The Morgan fingerprint density at radius 1 is 1.50 bits per heavy atom. The van der Waals surface area contributed by atoms with Crippen LogP contribution in [-0.4, -0.2) is 47.4 Å². The van der Waals surface area contributed by atoms with Gasteiger partial charge < -0.3 is 15.5 Å². The molecule has 0 radical (unpaired) electrons. The Hall–Kier alpha value is -1.17. The molecule has 3 N–H and O–H groups in total. The lowest BCUT2D eigenvalue weighted by atomic mass is 10.0. The molecule has 112 valence electrons. The van der Waals surface area contributed by atoms with E-state index in [1.165, 1.54) is 12.5 Å². The topological polar surface area (TPSA) is 55.7 Å². The molecule has 0 aromatic heterocycles. The monoisotopic (exact) mass is 282 g/mol. The van der Waals surface area contributed by atoms with Crippen molar-refractivity contribution in [1.82, 2.24) is 10.2 Å². The van der Waals surface area contributed by atoms with Crippen molar-refractivity contribution in [3.8, 4) is 5.75 Å². The van der Waals surface area contributed by atoms with E-state index in [0.717, 1.165) is 25.6 Å². The summed E-state index contributed by atoms with van der Waals surface area (Å²) in [4.78, 5) is 2.12. The van der Waals surface area contributed by atoms with Crippen molar-refractivity contribution in [2.24, 2.45) is 0 Å². The predicted octanol–water partition coefficient (Wildman–Crippen LogP) is 1.64. The molecule has 0 spiro atoms.